The summed E-state index contributed by atoms with van der Waals surface area (Å²) in [6.07, 6.45) is -4.45. The van der Waals surface area contributed by atoms with Gasteiger partial charge in [0, 0.05) is 37.0 Å². The summed E-state index contributed by atoms with van der Waals surface area (Å²) in [4.78, 5) is 37.3. The topological polar surface area (TPSA) is 130 Å². The highest BCUT2D eigenvalue weighted by Crippen LogP contribution is 2.61. The molecule has 2 saturated carbocycles. The smallest absolute Gasteiger partial charge is 0.303 e. The van der Waals surface area contributed by atoms with E-state index < -0.39 is 64.5 Å². The molecule has 0 aromatic rings. The van der Waals surface area contributed by atoms with E-state index in [0.717, 1.165) is 0 Å². The van der Waals surface area contributed by atoms with Crippen LogP contribution in [0.15, 0.2) is 23.3 Å². The van der Waals surface area contributed by atoms with Crippen LogP contribution < -0.4 is 0 Å². The summed E-state index contributed by atoms with van der Waals surface area (Å²) >= 11 is 0. The maximum absolute atomic E-state index is 13.1. The van der Waals surface area contributed by atoms with Crippen LogP contribution in [0.5, 0.6) is 0 Å². The standard InChI is InChI=1S/C24H34O8/c1-11-15(27)8-9-23(7)18(11)21(32-14(4)26)24(30)10-16(28)12(2)17(22(24,5)6)19(20(23)29)31-13(3)25/h15,18-21,27,29-30H,1,8-10H2,2-7H3/t15-,18-,19+,20-,21-,23+,24+/m0/s1. The number of carbonyl (C=O) groups excluding carboxylic acids is 3. The molecule has 7 atom stereocenters. The number of ketones is 1. The molecule has 0 saturated heterocycles. The first kappa shape index (κ1) is 24.6. The highest BCUT2D eigenvalue weighted by atomic mass is 16.6. The average molecular weight is 451 g/mol. The van der Waals surface area contributed by atoms with Crippen molar-refractivity contribution in [1.29, 1.82) is 0 Å². The average Bonchev–Trinajstić information content (AvgIpc) is 2.66. The normalized spacial score (nSPS) is 41.3. The second-order valence-electron chi connectivity index (χ2n) is 10.3. The largest absolute Gasteiger partial charge is 0.459 e. The third kappa shape index (κ3) is 3.35. The van der Waals surface area contributed by atoms with E-state index in [2.05, 4.69) is 6.58 Å². The van der Waals surface area contributed by atoms with E-state index in [-0.39, 0.29) is 6.42 Å². The van der Waals surface area contributed by atoms with E-state index >= 15 is 0 Å². The second-order valence-corrected chi connectivity index (χ2v) is 10.3. The molecule has 2 fully saturated rings. The van der Waals surface area contributed by atoms with Crippen LogP contribution in [0.2, 0.25) is 0 Å². The highest BCUT2D eigenvalue weighted by molar-refractivity contribution is 5.98. The molecular formula is C24H34O8. The number of aliphatic hydroxyl groups is 3. The van der Waals surface area contributed by atoms with Crippen LogP contribution in [0.1, 0.15) is 60.8 Å². The number of rotatable bonds is 2. The van der Waals surface area contributed by atoms with E-state index in [9.17, 15) is 29.7 Å². The zero-order chi connectivity index (χ0) is 24.4. The highest BCUT2D eigenvalue weighted by Gasteiger charge is 2.68. The molecule has 8 nitrogen and oxygen atoms in total. The molecule has 8 heteroatoms. The van der Waals surface area contributed by atoms with Crippen molar-refractivity contribution in [3.8, 4) is 0 Å². The van der Waals surface area contributed by atoms with Gasteiger partial charge in [-0.25, -0.2) is 0 Å². The minimum atomic E-state index is -1.89. The minimum absolute atomic E-state index is 0.293. The van der Waals surface area contributed by atoms with Crippen LogP contribution in [0.4, 0.5) is 0 Å². The number of hydrogen-bond acceptors (Lipinski definition) is 8. The fraction of sp³-hybridized carbons (Fsp3) is 0.708. The van der Waals surface area contributed by atoms with E-state index in [1.165, 1.54) is 13.8 Å². The van der Waals surface area contributed by atoms with Crippen LogP contribution in [0.25, 0.3) is 0 Å². The number of fused-ring (bicyclic) bond motifs is 3. The molecular weight excluding hydrogens is 416 g/mol. The van der Waals surface area contributed by atoms with E-state index in [1.807, 2.05) is 0 Å². The summed E-state index contributed by atoms with van der Waals surface area (Å²) in [6.45, 7) is 13.2. The lowest BCUT2D eigenvalue weighted by Gasteiger charge is -2.61. The monoisotopic (exact) mass is 450 g/mol. The van der Waals surface area contributed by atoms with Crippen molar-refractivity contribution < 1.29 is 39.2 Å². The summed E-state index contributed by atoms with van der Waals surface area (Å²) in [7, 11) is 0. The zero-order valence-corrected chi connectivity index (χ0v) is 19.6. The van der Waals surface area contributed by atoms with Crippen molar-refractivity contribution in [2.45, 2.75) is 90.8 Å². The molecule has 178 valence electrons. The van der Waals surface area contributed by atoms with Crippen molar-refractivity contribution in [3.05, 3.63) is 23.3 Å². The van der Waals surface area contributed by atoms with E-state index in [1.54, 1.807) is 27.7 Å². The summed E-state index contributed by atoms with van der Waals surface area (Å²) in [5.41, 5.74) is -3.27. The van der Waals surface area contributed by atoms with Gasteiger partial charge in [-0.3, -0.25) is 14.4 Å². The maximum atomic E-state index is 13.1. The molecule has 3 aliphatic carbocycles. The lowest BCUT2D eigenvalue weighted by molar-refractivity contribution is -0.230. The molecule has 0 aromatic heterocycles. The molecule has 0 heterocycles. The van der Waals surface area contributed by atoms with Crippen molar-refractivity contribution >= 4 is 17.7 Å². The Balaban J connectivity index is 2.41. The van der Waals surface area contributed by atoms with Gasteiger partial charge in [-0.2, -0.15) is 0 Å². The number of esters is 2. The molecule has 32 heavy (non-hydrogen) atoms. The maximum Gasteiger partial charge on any atom is 0.303 e. The molecule has 0 amide bonds. The first-order chi connectivity index (χ1) is 14.6. The summed E-state index contributed by atoms with van der Waals surface area (Å²) in [6, 6.07) is 0. The summed E-state index contributed by atoms with van der Waals surface area (Å²) in [5.74, 6) is -2.59. The Hall–Kier alpha value is -2.03. The van der Waals surface area contributed by atoms with Gasteiger partial charge in [0.2, 0.25) is 0 Å². The lowest BCUT2D eigenvalue weighted by atomic mass is 9.48. The van der Waals surface area contributed by atoms with Crippen LogP contribution >= 0.6 is 0 Å². The van der Waals surface area contributed by atoms with Gasteiger partial charge in [-0.1, -0.05) is 27.4 Å². The molecule has 3 rings (SSSR count). The van der Waals surface area contributed by atoms with Crippen LogP contribution in [-0.2, 0) is 23.9 Å². The minimum Gasteiger partial charge on any atom is -0.459 e. The van der Waals surface area contributed by atoms with Gasteiger partial charge in [0.1, 0.15) is 17.8 Å². The second kappa shape index (κ2) is 7.78. The first-order valence-corrected chi connectivity index (χ1v) is 11.0. The predicted octanol–water partition coefficient (Wildman–Crippen LogP) is 1.60. The van der Waals surface area contributed by atoms with E-state index in [4.69, 9.17) is 9.47 Å². The van der Waals surface area contributed by atoms with Crippen molar-refractivity contribution in [2.75, 3.05) is 0 Å². The van der Waals surface area contributed by atoms with Gasteiger partial charge < -0.3 is 24.8 Å². The fourth-order valence-electron chi connectivity index (χ4n) is 6.19. The molecule has 3 aliphatic rings. The lowest BCUT2D eigenvalue weighted by Crippen LogP contribution is -2.70. The quantitative estimate of drug-likeness (QED) is 0.427. The predicted molar refractivity (Wildman–Crippen MR) is 114 cm³/mol. The third-order valence-corrected chi connectivity index (χ3v) is 8.11. The Kier molecular flexibility index (Phi) is 5.98. The van der Waals surface area contributed by atoms with Gasteiger partial charge in [-0.05, 0) is 36.5 Å². The number of Topliss-reactive ketones (excluding diaryl/α,β-unsaturated/α-hetero) is 1. The Bertz CT molecular complexity index is 902. The van der Waals surface area contributed by atoms with Gasteiger partial charge in [0.05, 0.1) is 6.10 Å². The molecule has 0 aliphatic heterocycles. The fourth-order valence-corrected chi connectivity index (χ4v) is 6.19. The zero-order valence-electron chi connectivity index (χ0n) is 19.6. The molecule has 0 unspecified atom stereocenters. The number of allylic oxidation sites excluding steroid dienone is 1. The Morgan fingerprint density at radius 3 is 2.19 bits per heavy atom. The Labute approximate surface area is 188 Å². The molecule has 0 radical (unpaired) electrons. The summed E-state index contributed by atoms with van der Waals surface area (Å²) in [5, 5.41) is 34.5. The van der Waals surface area contributed by atoms with Gasteiger partial charge in [0.15, 0.2) is 11.9 Å². The number of carbonyl (C=O) groups is 3. The van der Waals surface area contributed by atoms with Crippen molar-refractivity contribution in [2.24, 2.45) is 16.7 Å². The number of aliphatic hydroxyl groups excluding tert-OH is 2. The first-order valence-electron chi connectivity index (χ1n) is 11.0. The van der Waals surface area contributed by atoms with Gasteiger partial charge >= 0.3 is 11.9 Å². The Morgan fingerprint density at radius 2 is 1.66 bits per heavy atom. The Morgan fingerprint density at radius 1 is 1.09 bits per heavy atom. The number of hydrogen-bond donors (Lipinski definition) is 3. The van der Waals surface area contributed by atoms with Crippen LogP contribution in [0, 0.1) is 16.7 Å². The molecule has 0 spiro atoms. The molecule has 2 bridgehead atoms. The molecule has 0 aromatic carbocycles. The molecule has 3 N–H and O–H groups in total. The van der Waals surface area contributed by atoms with Crippen molar-refractivity contribution in [1.82, 2.24) is 0 Å². The van der Waals surface area contributed by atoms with Crippen molar-refractivity contribution in [3.63, 3.8) is 0 Å². The third-order valence-electron chi connectivity index (χ3n) is 8.11. The van der Waals surface area contributed by atoms with Gasteiger partial charge in [-0.15, -0.1) is 0 Å². The van der Waals surface area contributed by atoms with Crippen LogP contribution in [-0.4, -0.2) is 63.1 Å². The van der Waals surface area contributed by atoms with Gasteiger partial charge in [0.25, 0.3) is 0 Å². The number of ether oxygens (including phenoxy) is 2. The summed E-state index contributed by atoms with van der Waals surface area (Å²) < 4.78 is 11.3. The van der Waals surface area contributed by atoms with E-state index in [0.29, 0.717) is 29.6 Å². The SMILES string of the molecule is C=C1[C@@H](O)CC[C@@]2(C)[C@@H](O)[C@H](OC(C)=O)C3=C(C)C(=O)C[C@@](O)([C@@H](OC(C)=O)[C@H]12)C3(C)C. The van der Waals surface area contributed by atoms with Crippen LogP contribution in [0.3, 0.4) is 0 Å².